The van der Waals surface area contributed by atoms with Gasteiger partial charge < -0.3 is 5.32 Å². The van der Waals surface area contributed by atoms with Crippen LogP contribution < -0.4 is 5.32 Å². The maximum absolute atomic E-state index is 11.3. The molecule has 1 N–H and O–H groups in total. The van der Waals surface area contributed by atoms with Crippen LogP contribution in [0.25, 0.3) is 0 Å². The highest BCUT2D eigenvalue weighted by Crippen LogP contribution is 2.19. The fourth-order valence-electron chi connectivity index (χ4n) is 1.11. The zero-order valence-electron chi connectivity index (χ0n) is 9.53. The van der Waals surface area contributed by atoms with E-state index in [0.29, 0.717) is 12.3 Å². The summed E-state index contributed by atoms with van der Waals surface area (Å²) in [5.74, 6) is 0.812. The van der Waals surface area contributed by atoms with Crippen LogP contribution in [0.2, 0.25) is 0 Å². The zero-order valence-corrected chi connectivity index (χ0v) is 10.3. The van der Waals surface area contributed by atoms with E-state index >= 15 is 0 Å². The van der Waals surface area contributed by atoms with Crippen LogP contribution in [0.3, 0.4) is 0 Å². The van der Waals surface area contributed by atoms with Gasteiger partial charge in [-0.2, -0.15) is 0 Å². The lowest BCUT2D eigenvalue weighted by Gasteiger charge is -2.23. The van der Waals surface area contributed by atoms with Crippen LogP contribution in [-0.2, 0) is 4.79 Å². The molecular weight excluding hydrogens is 198 g/mol. The standard InChI is InChI=1S/C11H22ClNO/c1-4-5-6-10(14)13-9-11(2,3)7-8-12/h4-9H2,1-3H3,(H,13,14). The van der Waals surface area contributed by atoms with E-state index in [1.807, 2.05) is 0 Å². The molecule has 0 bridgehead atoms. The molecular formula is C11H22ClNO. The minimum Gasteiger partial charge on any atom is -0.356 e. The smallest absolute Gasteiger partial charge is 0.220 e. The first kappa shape index (κ1) is 13.8. The summed E-state index contributed by atoms with van der Waals surface area (Å²) >= 11 is 5.67. The van der Waals surface area contributed by atoms with E-state index in [9.17, 15) is 4.79 Å². The topological polar surface area (TPSA) is 29.1 Å². The molecule has 0 aliphatic heterocycles. The summed E-state index contributed by atoms with van der Waals surface area (Å²) in [5.41, 5.74) is 0.115. The highest BCUT2D eigenvalue weighted by atomic mass is 35.5. The first-order valence-corrected chi connectivity index (χ1v) is 5.88. The van der Waals surface area contributed by atoms with Crippen LogP contribution in [-0.4, -0.2) is 18.3 Å². The molecule has 0 saturated carbocycles. The van der Waals surface area contributed by atoms with Crippen molar-refractivity contribution in [3.63, 3.8) is 0 Å². The molecule has 0 unspecified atom stereocenters. The van der Waals surface area contributed by atoms with Crippen LogP contribution in [0.15, 0.2) is 0 Å². The van der Waals surface area contributed by atoms with Crippen LogP contribution >= 0.6 is 11.6 Å². The third kappa shape index (κ3) is 7.19. The van der Waals surface area contributed by atoms with Gasteiger partial charge in [0.25, 0.3) is 0 Å². The Morgan fingerprint density at radius 2 is 2.07 bits per heavy atom. The molecule has 0 aromatic carbocycles. The summed E-state index contributed by atoms with van der Waals surface area (Å²) in [6, 6.07) is 0. The summed E-state index contributed by atoms with van der Waals surface area (Å²) in [6.45, 7) is 7.05. The van der Waals surface area contributed by atoms with Crippen molar-refractivity contribution in [2.75, 3.05) is 12.4 Å². The van der Waals surface area contributed by atoms with Crippen molar-refractivity contribution in [3.8, 4) is 0 Å². The Balaban J connectivity index is 3.64. The number of hydrogen-bond acceptors (Lipinski definition) is 1. The largest absolute Gasteiger partial charge is 0.356 e. The van der Waals surface area contributed by atoms with Gasteiger partial charge in [0.05, 0.1) is 0 Å². The molecule has 0 aliphatic rings. The molecule has 2 nitrogen and oxygen atoms in total. The average molecular weight is 220 g/mol. The summed E-state index contributed by atoms with van der Waals surface area (Å²) in [6.07, 6.45) is 3.62. The number of halogens is 1. The van der Waals surface area contributed by atoms with Gasteiger partial charge in [-0.05, 0) is 18.3 Å². The molecule has 3 heteroatoms. The monoisotopic (exact) mass is 219 g/mol. The van der Waals surface area contributed by atoms with Gasteiger partial charge in [0.1, 0.15) is 0 Å². The quantitative estimate of drug-likeness (QED) is 0.656. The predicted molar refractivity (Wildman–Crippen MR) is 61.7 cm³/mol. The number of carbonyl (C=O) groups excluding carboxylic acids is 1. The number of unbranched alkanes of at least 4 members (excludes halogenated alkanes) is 1. The summed E-state index contributed by atoms with van der Waals surface area (Å²) < 4.78 is 0. The highest BCUT2D eigenvalue weighted by Gasteiger charge is 2.17. The van der Waals surface area contributed by atoms with E-state index in [2.05, 4.69) is 26.1 Å². The fourth-order valence-corrected chi connectivity index (χ4v) is 1.62. The Labute approximate surface area is 92.4 Å². The SMILES string of the molecule is CCCCC(=O)NCC(C)(C)CCCl. The molecule has 0 saturated heterocycles. The normalized spacial score (nSPS) is 11.4. The number of alkyl halides is 1. The predicted octanol–water partition coefficient (Wildman–Crippen LogP) is 2.95. The summed E-state index contributed by atoms with van der Waals surface area (Å²) in [7, 11) is 0. The third-order valence-corrected chi connectivity index (χ3v) is 2.48. The van der Waals surface area contributed by atoms with Gasteiger partial charge in [-0.15, -0.1) is 11.6 Å². The van der Waals surface area contributed by atoms with Crippen molar-refractivity contribution < 1.29 is 4.79 Å². The zero-order chi connectivity index (χ0) is 11.0. The second-order valence-corrected chi connectivity index (χ2v) is 4.86. The van der Waals surface area contributed by atoms with Crippen molar-refractivity contribution in [1.82, 2.24) is 5.32 Å². The molecule has 14 heavy (non-hydrogen) atoms. The van der Waals surface area contributed by atoms with E-state index in [1.54, 1.807) is 0 Å². The van der Waals surface area contributed by atoms with Crippen molar-refractivity contribution in [2.24, 2.45) is 5.41 Å². The Hall–Kier alpha value is -0.240. The molecule has 0 aliphatic carbocycles. The van der Waals surface area contributed by atoms with E-state index in [0.717, 1.165) is 25.8 Å². The summed E-state index contributed by atoms with van der Waals surface area (Å²) in [4.78, 5) is 11.3. The number of nitrogens with one attached hydrogen (secondary N) is 1. The van der Waals surface area contributed by atoms with E-state index in [1.165, 1.54) is 0 Å². The lowest BCUT2D eigenvalue weighted by molar-refractivity contribution is -0.121. The molecule has 0 aromatic rings. The maximum Gasteiger partial charge on any atom is 0.220 e. The van der Waals surface area contributed by atoms with Gasteiger partial charge in [0.2, 0.25) is 5.91 Å². The van der Waals surface area contributed by atoms with Gasteiger partial charge in [-0.1, -0.05) is 27.2 Å². The molecule has 0 fully saturated rings. The Morgan fingerprint density at radius 3 is 2.57 bits per heavy atom. The number of rotatable bonds is 7. The third-order valence-electron chi connectivity index (χ3n) is 2.29. The van der Waals surface area contributed by atoms with Crippen LogP contribution in [0.5, 0.6) is 0 Å². The van der Waals surface area contributed by atoms with Crippen molar-refractivity contribution in [2.45, 2.75) is 46.5 Å². The average Bonchev–Trinajstić information content (AvgIpc) is 2.11. The van der Waals surface area contributed by atoms with Crippen molar-refractivity contribution in [3.05, 3.63) is 0 Å². The molecule has 0 rings (SSSR count). The molecule has 0 spiro atoms. The van der Waals surface area contributed by atoms with Crippen LogP contribution in [0, 0.1) is 5.41 Å². The van der Waals surface area contributed by atoms with E-state index in [4.69, 9.17) is 11.6 Å². The molecule has 0 atom stereocenters. The second-order valence-electron chi connectivity index (χ2n) is 4.48. The van der Waals surface area contributed by atoms with Crippen LogP contribution in [0.1, 0.15) is 46.5 Å². The Bertz CT molecular complexity index is 169. The van der Waals surface area contributed by atoms with Gasteiger partial charge in [0.15, 0.2) is 0 Å². The highest BCUT2D eigenvalue weighted by molar-refractivity contribution is 6.17. The lowest BCUT2D eigenvalue weighted by Crippen LogP contribution is -2.34. The van der Waals surface area contributed by atoms with Gasteiger partial charge in [-0.25, -0.2) is 0 Å². The minimum atomic E-state index is 0.115. The van der Waals surface area contributed by atoms with Crippen molar-refractivity contribution in [1.29, 1.82) is 0 Å². The minimum absolute atomic E-state index is 0.115. The number of carbonyl (C=O) groups is 1. The van der Waals surface area contributed by atoms with Gasteiger partial charge in [0, 0.05) is 18.8 Å². The number of amides is 1. The Morgan fingerprint density at radius 1 is 1.43 bits per heavy atom. The van der Waals surface area contributed by atoms with Crippen LogP contribution in [0.4, 0.5) is 0 Å². The first-order valence-electron chi connectivity index (χ1n) is 5.34. The molecule has 1 amide bonds. The molecule has 0 heterocycles. The first-order chi connectivity index (χ1) is 6.52. The molecule has 0 radical (unpaired) electrons. The van der Waals surface area contributed by atoms with Crippen molar-refractivity contribution >= 4 is 17.5 Å². The molecule has 84 valence electrons. The molecule has 0 aromatic heterocycles. The Kier molecular flexibility index (Phi) is 6.98. The maximum atomic E-state index is 11.3. The van der Waals surface area contributed by atoms with E-state index in [-0.39, 0.29) is 11.3 Å². The second kappa shape index (κ2) is 7.10. The van der Waals surface area contributed by atoms with E-state index < -0.39 is 0 Å². The van der Waals surface area contributed by atoms with Gasteiger partial charge >= 0.3 is 0 Å². The fraction of sp³-hybridized carbons (Fsp3) is 0.909. The van der Waals surface area contributed by atoms with Gasteiger partial charge in [-0.3, -0.25) is 4.79 Å². The number of hydrogen-bond donors (Lipinski definition) is 1. The summed E-state index contributed by atoms with van der Waals surface area (Å²) in [5, 5.41) is 2.94. The lowest BCUT2D eigenvalue weighted by atomic mass is 9.90.